The second kappa shape index (κ2) is 9.56. The highest BCUT2D eigenvalue weighted by molar-refractivity contribution is 5.83. The quantitative estimate of drug-likeness (QED) is 0.718. The lowest BCUT2D eigenvalue weighted by atomic mass is 10.1. The van der Waals surface area contributed by atoms with Gasteiger partial charge in [-0.05, 0) is 36.2 Å². The van der Waals surface area contributed by atoms with Crippen LogP contribution in [0.5, 0.6) is 11.5 Å². The van der Waals surface area contributed by atoms with E-state index in [-0.39, 0.29) is 18.5 Å². The Bertz CT molecular complexity index is 809. The third-order valence-electron chi connectivity index (χ3n) is 3.88. The monoisotopic (exact) mass is 375 g/mol. The molecule has 0 unspecified atom stereocenters. The first-order valence-electron chi connectivity index (χ1n) is 8.36. The van der Waals surface area contributed by atoms with Crippen molar-refractivity contribution in [1.82, 2.24) is 5.32 Å². The van der Waals surface area contributed by atoms with Gasteiger partial charge in [0.2, 0.25) is 0 Å². The molecule has 0 fully saturated rings. The summed E-state index contributed by atoms with van der Waals surface area (Å²) in [5.41, 5.74) is 1.02. The van der Waals surface area contributed by atoms with Crippen molar-refractivity contribution in [3.05, 3.63) is 59.4 Å². The molecule has 0 radical (unpaired) electrons. The van der Waals surface area contributed by atoms with Gasteiger partial charge in [-0.15, -0.1) is 0 Å². The summed E-state index contributed by atoms with van der Waals surface area (Å²) in [5.74, 6) is -0.475. The Labute approximate surface area is 157 Å². The molecule has 1 atom stereocenters. The fourth-order valence-corrected chi connectivity index (χ4v) is 2.41. The van der Waals surface area contributed by atoms with Crippen molar-refractivity contribution in [2.24, 2.45) is 0 Å². The molecular formula is C20H22FNO5. The fourth-order valence-electron chi connectivity index (χ4n) is 2.41. The number of methoxy groups -OCH3 is 2. The maximum Gasteiger partial charge on any atom is 0.311 e. The van der Waals surface area contributed by atoms with Crippen LogP contribution in [-0.4, -0.2) is 32.2 Å². The number of benzene rings is 2. The number of rotatable bonds is 8. The first kappa shape index (κ1) is 20.2. The van der Waals surface area contributed by atoms with Gasteiger partial charge >= 0.3 is 5.97 Å². The van der Waals surface area contributed by atoms with Gasteiger partial charge in [0.05, 0.1) is 20.6 Å². The van der Waals surface area contributed by atoms with Crippen LogP contribution >= 0.6 is 0 Å². The van der Waals surface area contributed by atoms with Gasteiger partial charge in [0.15, 0.2) is 17.6 Å². The van der Waals surface area contributed by atoms with Crippen molar-refractivity contribution in [3.8, 4) is 11.5 Å². The molecular weight excluding hydrogens is 353 g/mol. The van der Waals surface area contributed by atoms with E-state index in [1.54, 1.807) is 24.3 Å². The predicted molar refractivity (Wildman–Crippen MR) is 97.1 cm³/mol. The highest BCUT2D eigenvalue weighted by Crippen LogP contribution is 2.27. The molecule has 0 saturated carbocycles. The van der Waals surface area contributed by atoms with E-state index in [2.05, 4.69) is 5.32 Å². The first-order valence-corrected chi connectivity index (χ1v) is 8.36. The topological polar surface area (TPSA) is 73.9 Å². The molecule has 1 N–H and O–H groups in total. The van der Waals surface area contributed by atoms with Gasteiger partial charge in [0.1, 0.15) is 5.82 Å². The molecule has 2 aromatic carbocycles. The van der Waals surface area contributed by atoms with Crippen LogP contribution in [0.4, 0.5) is 4.39 Å². The lowest BCUT2D eigenvalue weighted by Crippen LogP contribution is -2.35. The molecule has 2 aromatic rings. The second-order valence-corrected chi connectivity index (χ2v) is 5.81. The number of hydrogen-bond acceptors (Lipinski definition) is 5. The third-order valence-corrected chi connectivity index (χ3v) is 3.88. The van der Waals surface area contributed by atoms with Gasteiger partial charge in [-0.3, -0.25) is 9.59 Å². The van der Waals surface area contributed by atoms with Crippen LogP contribution in [0.25, 0.3) is 0 Å². The lowest BCUT2D eigenvalue weighted by Gasteiger charge is -2.14. The Morgan fingerprint density at radius 1 is 1.07 bits per heavy atom. The third kappa shape index (κ3) is 5.70. The van der Waals surface area contributed by atoms with Gasteiger partial charge in [-0.2, -0.15) is 0 Å². The molecule has 0 aliphatic heterocycles. The van der Waals surface area contributed by atoms with Crippen LogP contribution in [0.3, 0.4) is 0 Å². The summed E-state index contributed by atoms with van der Waals surface area (Å²) in [6.07, 6.45) is -1.23. The maximum absolute atomic E-state index is 13.6. The Morgan fingerprint density at radius 3 is 2.44 bits per heavy atom. The number of carbonyl (C=O) groups is 2. The molecule has 0 saturated heterocycles. The molecule has 0 aliphatic carbocycles. The summed E-state index contributed by atoms with van der Waals surface area (Å²) in [5, 5.41) is 2.68. The van der Waals surface area contributed by atoms with Crippen molar-refractivity contribution in [3.63, 3.8) is 0 Å². The van der Waals surface area contributed by atoms with E-state index in [1.807, 2.05) is 0 Å². The highest BCUT2D eigenvalue weighted by Gasteiger charge is 2.19. The molecule has 0 spiro atoms. The van der Waals surface area contributed by atoms with Gasteiger partial charge in [0.25, 0.3) is 5.91 Å². The van der Waals surface area contributed by atoms with Gasteiger partial charge in [-0.1, -0.05) is 24.3 Å². The summed E-state index contributed by atoms with van der Waals surface area (Å²) in [6, 6.07) is 11.2. The highest BCUT2D eigenvalue weighted by atomic mass is 19.1. The zero-order valence-corrected chi connectivity index (χ0v) is 15.5. The van der Waals surface area contributed by atoms with E-state index < -0.39 is 23.8 Å². The average molecular weight is 375 g/mol. The van der Waals surface area contributed by atoms with Gasteiger partial charge in [0, 0.05) is 6.54 Å². The van der Waals surface area contributed by atoms with Crippen LogP contribution < -0.4 is 14.8 Å². The number of halogens is 1. The molecule has 1 amide bonds. The molecule has 7 heteroatoms. The Morgan fingerprint density at radius 2 is 1.78 bits per heavy atom. The number of hydrogen-bond donors (Lipinski definition) is 1. The molecule has 0 heterocycles. The van der Waals surface area contributed by atoms with Crippen LogP contribution in [0.15, 0.2) is 42.5 Å². The molecule has 0 aliphatic rings. The summed E-state index contributed by atoms with van der Waals surface area (Å²) in [6.45, 7) is 1.69. The Balaban J connectivity index is 1.86. The molecule has 6 nitrogen and oxygen atoms in total. The largest absolute Gasteiger partial charge is 0.493 e. The summed E-state index contributed by atoms with van der Waals surface area (Å²) >= 11 is 0. The number of amides is 1. The Kier molecular flexibility index (Phi) is 7.16. The van der Waals surface area contributed by atoms with Crippen molar-refractivity contribution in [2.75, 3.05) is 14.2 Å². The van der Waals surface area contributed by atoms with E-state index in [9.17, 15) is 14.0 Å². The standard InChI is InChI=1S/C20H22FNO5/c1-13(27-19(23)11-15-6-4-5-7-16(15)21)20(24)22-12-14-8-9-17(25-2)18(10-14)26-3/h4-10,13H,11-12H2,1-3H3,(H,22,24)/t13-/m0/s1. The summed E-state index contributed by atoms with van der Waals surface area (Å²) in [4.78, 5) is 24.0. The normalized spacial score (nSPS) is 11.4. The van der Waals surface area contributed by atoms with E-state index in [1.165, 1.54) is 39.3 Å². The van der Waals surface area contributed by atoms with E-state index in [4.69, 9.17) is 14.2 Å². The van der Waals surface area contributed by atoms with Crippen LogP contribution in [0.1, 0.15) is 18.1 Å². The number of ether oxygens (including phenoxy) is 3. The molecule has 0 aromatic heterocycles. The molecule has 144 valence electrons. The minimum absolute atomic E-state index is 0.223. The zero-order chi connectivity index (χ0) is 19.8. The SMILES string of the molecule is COc1ccc(CNC(=O)[C@H](C)OC(=O)Cc2ccccc2F)cc1OC. The number of carbonyl (C=O) groups excluding carboxylic acids is 2. The molecule has 0 bridgehead atoms. The van der Waals surface area contributed by atoms with Crippen LogP contribution in [-0.2, 0) is 27.3 Å². The number of esters is 1. The van der Waals surface area contributed by atoms with Crippen molar-refractivity contribution < 1.29 is 28.2 Å². The van der Waals surface area contributed by atoms with Crippen LogP contribution in [0, 0.1) is 5.82 Å². The zero-order valence-electron chi connectivity index (χ0n) is 15.5. The minimum atomic E-state index is -0.996. The van der Waals surface area contributed by atoms with Crippen LogP contribution in [0.2, 0.25) is 0 Å². The maximum atomic E-state index is 13.6. The first-order chi connectivity index (χ1) is 12.9. The fraction of sp³-hybridized carbons (Fsp3) is 0.300. The van der Waals surface area contributed by atoms with Gasteiger partial charge in [-0.25, -0.2) is 4.39 Å². The smallest absolute Gasteiger partial charge is 0.311 e. The van der Waals surface area contributed by atoms with E-state index >= 15 is 0 Å². The van der Waals surface area contributed by atoms with Gasteiger partial charge < -0.3 is 19.5 Å². The summed E-state index contributed by atoms with van der Waals surface area (Å²) < 4.78 is 29.0. The number of nitrogens with one attached hydrogen (secondary N) is 1. The summed E-state index contributed by atoms with van der Waals surface area (Å²) in [7, 11) is 3.06. The van der Waals surface area contributed by atoms with E-state index in [0.29, 0.717) is 11.5 Å². The second-order valence-electron chi connectivity index (χ2n) is 5.81. The predicted octanol–water partition coefficient (Wildman–Crippen LogP) is 2.63. The molecule has 2 rings (SSSR count). The lowest BCUT2D eigenvalue weighted by molar-refractivity contribution is -0.154. The van der Waals surface area contributed by atoms with Crippen molar-refractivity contribution in [1.29, 1.82) is 0 Å². The van der Waals surface area contributed by atoms with Crippen molar-refractivity contribution in [2.45, 2.75) is 26.0 Å². The van der Waals surface area contributed by atoms with Crippen molar-refractivity contribution >= 4 is 11.9 Å². The Hall–Kier alpha value is -3.09. The minimum Gasteiger partial charge on any atom is -0.493 e. The molecule has 27 heavy (non-hydrogen) atoms. The average Bonchev–Trinajstić information content (AvgIpc) is 2.67. The van der Waals surface area contributed by atoms with E-state index in [0.717, 1.165) is 5.56 Å².